The van der Waals surface area contributed by atoms with Crippen LogP contribution in [0.15, 0.2) is 24.3 Å². The van der Waals surface area contributed by atoms with Crippen LogP contribution in [0, 0.1) is 5.92 Å². The van der Waals surface area contributed by atoms with Crippen molar-refractivity contribution >= 4 is 6.29 Å². The molecule has 1 rings (SSSR count). The monoisotopic (exact) mass is 265 g/mol. The summed E-state index contributed by atoms with van der Waals surface area (Å²) in [6, 6.07) is 6.76. The van der Waals surface area contributed by atoms with Crippen LogP contribution < -0.4 is 5.73 Å². The highest BCUT2D eigenvalue weighted by Crippen LogP contribution is 2.27. The SMILES string of the molecule is CO[C@@](N)(c1ccc(C=O)cc1)[C@@H](O)CCC(C)C. The van der Waals surface area contributed by atoms with Crippen LogP contribution in [-0.2, 0) is 10.5 Å². The fraction of sp³-hybridized carbons (Fsp3) is 0.533. The number of aliphatic hydroxyl groups excluding tert-OH is 1. The number of ether oxygens (including phenoxy) is 1. The van der Waals surface area contributed by atoms with Gasteiger partial charge in [-0.15, -0.1) is 0 Å². The molecule has 0 saturated carbocycles. The lowest BCUT2D eigenvalue weighted by Crippen LogP contribution is -2.49. The van der Waals surface area contributed by atoms with Crippen molar-refractivity contribution in [3.05, 3.63) is 35.4 Å². The van der Waals surface area contributed by atoms with E-state index in [1.165, 1.54) is 7.11 Å². The summed E-state index contributed by atoms with van der Waals surface area (Å²) in [6.45, 7) is 4.19. The third-order valence-electron chi connectivity index (χ3n) is 3.35. The maximum atomic E-state index is 10.6. The Labute approximate surface area is 114 Å². The van der Waals surface area contributed by atoms with Crippen LogP contribution in [0.4, 0.5) is 0 Å². The molecule has 0 radical (unpaired) electrons. The number of hydrogen-bond donors (Lipinski definition) is 2. The molecule has 0 saturated heterocycles. The Bertz CT molecular complexity index is 402. The van der Waals surface area contributed by atoms with Crippen LogP contribution >= 0.6 is 0 Å². The molecule has 0 unspecified atom stereocenters. The van der Waals surface area contributed by atoms with Gasteiger partial charge in [-0.1, -0.05) is 38.1 Å². The van der Waals surface area contributed by atoms with E-state index in [0.717, 1.165) is 12.7 Å². The zero-order chi connectivity index (χ0) is 14.5. The third kappa shape index (κ3) is 3.86. The van der Waals surface area contributed by atoms with Crippen LogP contribution in [-0.4, -0.2) is 24.6 Å². The van der Waals surface area contributed by atoms with Gasteiger partial charge in [0.05, 0.1) is 0 Å². The molecule has 19 heavy (non-hydrogen) atoms. The molecule has 0 aliphatic rings. The number of carbonyl (C=O) groups is 1. The first-order chi connectivity index (χ1) is 8.93. The standard InChI is InChI=1S/C15H23NO3/c1-11(2)4-9-14(18)15(16,19-3)13-7-5-12(10-17)6-8-13/h5-8,10-11,14,18H,4,9,16H2,1-3H3/t14-,15-/m0/s1. The van der Waals surface area contributed by atoms with Crippen LogP contribution in [0.25, 0.3) is 0 Å². The fourth-order valence-electron chi connectivity index (χ4n) is 1.97. The number of aldehydes is 1. The highest BCUT2D eigenvalue weighted by molar-refractivity contribution is 5.74. The van der Waals surface area contributed by atoms with Crippen molar-refractivity contribution in [2.24, 2.45) is 11.7 Å². The Morgan fingerprint density at radius 3 is 2.32 bits per heavy atom. The lowest BCUT2D eigenvalue weighted by atomic mass is 9.92. The highest BCUT2D eigenvalue weighted by atomic mass is 16.5. The number of rotatable bonds is 7. The number of methoxy groups -OCH3 is 1. The molecule has 0 fully saturated rings. The largest absolute Gasteiger partial charge is 0.388 e. The summed E-state index contributed by atoms with van der Waals surface area (Å²) in [5.74, 6) is 0.494. The zero-order valence-corrected chi connectivity index (χ0v) is 11.8. The van der Waals surface area contributed by atoms with E-state index in [9.17, 15) is 9.90 Å². The molecule has 0 aliphatic carbocycles. The minimum atomic E-state index is -1.24. The average molecular weight is 265 g/mol. The van der Waals surface area contributed by atoms with E-state index in [-0.39, 0.29) is 0 Å². The Hall–Kier alpha value is -1.23. The first kappa shape index (κ1) is 15.8. The summed E-state index contributed by atoms with van der Waals surface area (Å²) in [4.78, 5) is 10.6. The molecule has 4 nitrogen and oxygen atoms in total. The molecule has 4 heteroatoms. The van der Waals surface area contributed by atoms with Gasteiger partial charge in [0.1, 0.15) is 12.4 Å². The molecule has 0 bridgehead atoms. The lowest BCUT2D eigenvalue weighted by Gasteiger charge is -2.33. The van der Waals surface area contributed by atoms with Crippen LogP contribution in [0.1, 0.15) is 42.6 Å². The smallest absolute Gasteiger partial charge is 0.168 e. The van der Waals surface area contributed by atoms with E-state index in [2.05, 4.69) is 13.8 Å². The van der Waals surface area contributed by atoms with Gasteiger partial charge in [-0.05, 0) is 18.8 Å². The van der Waals surface area contributed by atoms with Gasteiger partial charge in [-0.25, -0.2) is 0 Å². The molecule has 3 N–H and O–H groups in total. The second kappa shape index (κ2) is 6.80. The number of hydrogen-bond acceptors (Lipinski definition) is 4. The summed E-state index contributed by atoms with van der Waals surface area (Å²) >= 11 is 0. The number of nitrogens with two attached hydrogens (primary N) is 1. The van der Waals surface area contributed by atoms with Crippen LogP contribution in [0.5, 0.6) is 0 Å². The van der Waals surface area contributed by atoms with Crippen molar-refractivity contribution in [2.45, 2.75) is 38.5 Å². The number of benzene rings is 1. The van der Waals surface area contributed by atoms with Gasteiger partial charge < -0.3 is 9.84 Å². The molecular formula is C15H23NO3. The maximum absolute atomic E-state index is 10.6. The van der Waals surface area contributed by atoms with E-state index >= 15 is 0 Å². The summed E-state index contributed by atoms with van der Waals surface area (Å²) in [6.07, 6.45) is 1.42. The first-order valence-corrected chi connectivity index (χ1v) is 6.51. The summed E-state index contributed by atoms with van der Waals surface area (Å²) < 4.78 is 5.33. The molecule has 1 aromatic carbocycles. The summed E-state index contributed by atoms with van der Waals surface area (Å²) in [5.41, 5.74) is 6.17. The van der Waals surface area contributed by atoms with Crippen LogP contribution in [0.2, 0.25) is 0 Å². The van der Waals surface area contributed by atoms with Crippen molar-refractivity contribution < 1.29 is 14.6 Å². The molecule has 0 aliphatic heterocycles. The van der Waals surface area contributed by atoms with E-state index in [4.69, 9.17) is 10.5 Å². The van der Waals surface area contributed by atoms with Gasteiger partial charge >= 0.3 is 0 Å². The number of carbonyl (C=O) groups excluding carboxylic acids is 1. The minimum absolute atomic E-state index is 0.494. The Balaban J connectivity index is 2.90. The average Bonchev–Trinajstić information content (AvgIpc) is 2.43. The minimum Gasteiger partial charge on any atom is -0.388 e. The normalized spacial score (nSPS) is 16.1. The molecule has 0 heterocycles. The second-order valence-electron chi connectivity index (χ2n) is 5.22. The van der Waals surface area contributed by atoms with Gasteiger partial charge in [0.15, 0.2) is 5.72 Å². The van der Waals surface area contributed by atoms with E-state index in [1.807, 2.05) is 0 Å². The molecule has 1 aromatic rings. The van der Waals surface area contributed by atoms with Crippen molar-refractivity contribution in [2.75, 3.05) is 7.11 Å². The first-order valence-electron chi connectivity index (χ1n) is 6.51. The quantitative estimate of drug-likeness (QED) is 0.584. The predicted molar refractivity (Wildman–Crippen MR) is 74.8 cm³/mol. The topological polar surface area (TPSA) is 72.5 Å². The summed E-state index contributed by atoms with van der Waals surface area (Å²) in [7, 11) is 1.48. The molecule has 106 valence electrons. The summed E-state index contributed by atoms with van der Waals surface area (Å²) in [5, 5.41) is 10.3. The van der Waals surface area contributed by atoms with Crippen LogP contribution in [0.3, 0.4) is 0 Å². The molecular weight excluding hydrogens is 242 g/mol. The van der Waals surface area contributed by atoms with E-state index in [0.29, 0.717) is 23.5 Å². The van der Waals surface area contributed by atoms with Gasteiger partial charge in [0, 0.05) is 18.2 Å². The van der Waals surface area contributed by atoms with Crippen molar-refractivity contribution in [1.82, 2.24) is 0 Å². The van der Waals surface area contributed by atoms with Gasteiger partial charge in [-0.3, -0.25) is 10.5 Å². The van der Waals surface area contributed by atoms with E-state index in [1.54, 1.807) is 24.3 Å². The fourth-order valence-corrected chi connectivity index (χ4v) is 1.97. The Morgan fingerprint density at radius 1 is 1.32 bits per heavy atom. The van der Waals surface area contributed by atoms with Gasteiger partial charge in [0.25, 0.3) is 0 Å². The maximum Gasteiger partial charge on any atom is 0.168 e. The van der Waals surface area contributed by atoms with Crippen molar-refractivity contribution in [1.29, 1.82) is 0 Å². The number of aliphatic hydroxyl groups is 1. The predicted octanol–water partition coefficient (Wildman–Crippen LogP) is 2.05. The van der Waals surface area contributed by atoms with Gasteiger partial charge in [-0.2, -0.15) is 0 Å². The third-order valence-corrected chi connectivity index (χ3v) is 3.35. The molecule has 2 atom stereocenters. The zero-order valence-electron chi connectivity index (χ0n) is 11.8. The lowest BCUT2D eigenvalue weighted by molar-refractivity contribution is -0.109. The van der Waals surface area contributed by atoms with Crippen molar-refractivity contribution in [3.8, 4) is 0 Å². The molecule has 0 amide bonds. The second-order valence-corrected chi connectivity index (χ2v) is 5.22. The van der Waals surface area contributed by atoms with Gasteiger partial charge in [0.2, 0.25) is 0 Å². The molecule has 0 spiro atoms. The molecule has 0 aromatic heterocycles. The van der Waals surface area contributed by atoms with E-state index < -0.39 is 11.8 Å². The van der Waals surface area contributed by atoms with Crippen molar-refractivity contribution in [3.63, 3.8) is 0 Å². The highest BCUT2D eigenvalue weighted by Gasteiger charge is 2.35. The Kier molecular flexibility index (Phi) is 5.66. The Morgan fingerprint density at radius 2 is 1.89 bits per heavy atom.